The molecule has 5 nitrogen and oxygen atoms in total. The Morgan fingerprint density at radius 3 is 2.80 bits per heavy atom. The standard InChI is InChI=1S/C25H23N3O2/c29-24(21-14-22-23(27-21)19(16-30-22)18-5-3-11-26-15-18)28-12-9-25(10-13-28)8-7-17-4-1-2-6-20(17)25/h1-6,11,14-16,27H,7-10,12-13H2. The van der Waals surface area contributed by atoms with Crippen molar-refractivity contribution < 1.29 is 9.21 Å². The quantitative estimate of drug-likeness (QED) is 0.521. The summed E-state index contributed by atoms with van der Waals surface area (Å²) >= 11 is 0. The second kappa shape index (κ2) is 6.59. The summed E-state index contributed by atoms with van der Waals surface area (Å²) < 4.78 is 5.71. The molecule has 0 radical (unpaired) electrons. The van der Waals surface area contributed by atoms with Crippen molar-refractivity contribution >= 4 is 17.0 Å². The summed E-state index contributed by atoms with van der Waals surface area (Å²) in [7, 11) is 0. The Bertz CT molecular complexity index is 1230. The van der Waals surface area contributed by atoms with Gasteiger partial charge in [-0.1, -0.05) is 30.3 Å². The lowest BCUT2D eigenvalue weighted by molar-refractivity contribution is 0.0661. The molecule has 4 aromatic rings. The van der Waals surface area contributed by atoms with Gasteiger partial charge in [-0.15, -0.1) is 0 Å². The summed E-state index contributed by atoms with van der Waals surface area (Å²) in [4.78, 5) is 22.7. The fraction of sp³-hybridized carbons (Fsp3) is 0.280. The van der Waals surface area contributed by atoms with Crippen LogP contribution < -0.4 is 0 Å². The van der Waals surface area contributed by atoms with Crippen molar-refractivity contribution in [3.05, 3.63) is 77.9 Å². The number of pyridine rings is 1. The van der Waals surface area contributed by atoms with Crippen molar-refractivity contribution in [3.63, 3.8) is 0 Å². The van der Waals surface area contributed by atoms with Crippen LogP contribution in [0.3, 0.4) is 0 Å². The van der Waals surface area contributed by atoms with E-state index in [4.69, 9.17) is 4.42 Å². The molecule has 4 heterocycles. The number of aryl methyl sites for hydroxylation is 1. The number of furan rings is 1. The van der Waals surface area contributed by atoms with Crippen molar-refractivity contribution in [1.82, 2.24) is 14.9 Å². The van der Waals surface area contributed by atoms with Crippen LogP contribution in [0.25, 0.3) is 22.2 Å². The molecular weight excluding hydrogens is 374 g/mol. The first-order valence-corrected chi connectivity index (χ1v) is 10.6. The van der Waals surface area contributed by atoms with E-state index in [0.29, 0.717) is 11.3 Å². The third kappa shape index (κ3) is 2.61. The van der Waals surface area contributed by atoms with E-state index in [0.717, 1.165) is 49.0 Å². The van der Waals surface area contributed by atoms with Gasteiger partial charge in [-0.25, -0.2) is 0 Å². The maximum Gasteiger partial charge on any atom is 0.270 e. The Balaban J connectivity index is 1.23. The van der Waals surface area contributed by atoms with Gasteiger partial charge in [0.05, 0.1) is 5.52 Å². The van der Waals surface area contributed by atoms with Crippen molar-refractivity contribution in [2.75, 3.05) is 13.1 Å². The number of hydrogen-bond acceptors (Lipinski definition) is 3. The minimum Gasteiger partial charge on any atom is -0.462 e. The van der Waals surface area contributed by atoms with Gasteiger partial charge >= 0.3 is 0 Å². The molecule has 1 amide bonds. The second-order valence-corrected chi connectivity index (χ2v) is 8.54. The van der Waals surface area contributed by atoms with Gasteiger partial charge in [-0.2, -0.15) is 0 Å². The van der Waals surface area contributed by atoms with Gasteiger partial charge in [0.2, 0.25) is 0 Å². The molecule has 2 aliphatic rings. The smallest absolute Gasteiger partial charge is 0.270 e. The molecule has 1 aromatic carbocycles. The number of amides is 1. The van der Waals surface area contributed by atoms with Crippen molar-refractivity contribution in [1.29, 1.82) is 0 Å². The summed E-state index contributed by atoms with van der Waals surface area (Å²) in [6.07, 6.45) is 9.70. The number of hydrogen-bond donors (Lipinski definition) is 1. The number of aromatic amines is 1. The van der Waals surface area contributed by atoms with E-state index >= 15 is 0 Å². The predicted molar refractivity (Wildman–Crippen MR) is 115 cm³/mol. The molecule has 1 spiro atoms. The van der Waals surface area contributed by atoms with Crippen LogP contribution in [0.15, 0.2) is 65.5 Å². The van der Waals surface area contributed by atoms with Gasteiger partial charge in [0.25, 0.3) is 5.91 Å². The molecule has 1 aliphatic carbocycles. The lowest BCUT2D eigenvalue weighted by Gasteiger charge is -2.40. The molecule has 1 N–H and O–H groups in total. The third-order valence-electron chi connectivity index (χ3n) is 7.03. The molecule has 5 heteroatoms. The summed E-state index contributed by atoms with van der Waals surface area (Å²) in [5.74, 6) is 0.0552. The monoisotopic (exact) mass is 397 g/mol. The molecule has 1 saturated heterocycles. The summed E-state index contributed by atoms with van der Waals surface area (Å²) in [6, 6.07) is 14.5. The molecule has 0 bridgehead atoms. The van der Waals surface area contributed by atoms with Gasteiger partial charge in [-0.05, 0) is 48.3 Å². The van der Waals surface area contributed by atoms with E-state index in [9.17, 15) is 4.79 Å². The Morgan fingerprint density at radius 2 is 1.97 bits per heavy atom. The molecule has 30 heavy (non-hydrogen) atoms. The van der Waals surface area contributed by atoms with Crippen LogP contribution >= 0.6 is 0 Å². The number of fused-ring (bicyclic) bond motifs is 3. The molecule has 6 rings (SSSR count). The number of piperidine rings is 1. The number of carbonyl (C=O) groups excluding carboxylic acids is 1. The highest BCUT2D eigenvalue weighted by atomic mass is 16.3. The SMILES string of the molecule is O=C(c1cc2occ(-c3cccnc3)c2[nH]1)N1CCC2(CCc3ccccc32)CC1. The largest absolute Gasteiger partial charge is 0.462 e. The molecule has 0 unspecified atom stereocenters. The Kier molecular flexibility index (Phi) is 3.85. The minimum absolute atomic E-state index is 0.0552. The first kappa shape index (κ1) is 17.5. The third-order valence-corrected chi connectivity index (χ3v) is 7.03. The molecule has 150 valence electrons. The van der Waals surface area contributed by atoms with E-state index in [1.165, 1.54) is 17.5 Å². The second-order valence-electron chi connectivity index (χ2n) is 8.54. The number of benzene rings is 1. The predicted octanol–water partition coefficient (Wildman–Crippen LogP) is 4.94. The number of carbonyl (C=O) groups is 1. The number of rotatable bonds is 2. The zero-order valence-corrected chi connectivity index (χ0v) is 16.7. The first-order valence-electron chi connectivity index (χ1n) is 10.6. The number of nitrogens with one attached hydrogen (secondary N) is 1. The lowest BCUT2D eigenvalue weighted by Crippen LogP contribution is -2.44. The molecule has 0 saturated carbocycles. The van der Waals surface area contributed by atoms with Gasteiger partial charge < -0.3 is 14.3 Å². The number of nitrogens with zero attached hydrogens (tertiary/aromatic N) is 2. The zero-order valence-electron chi connectivity index (χ0n) is 16.7. The zero-order chi connectivity index (χ0) is 20.1. The van der Waals surface area contributed by atoms with Crippen molar-refractivity contribution in [3.8, 4) is 11.1 Å². The van der Waals surface area contributed by atoms with Crippen LogP contribution in [0.2, 0.25) is 0 Å². The van der Waals surface area contributed by atoms with Crippen molar-refractivity contribution in [2.45, 2.75) is 31.1 Å². The number of likely N-dealkylation sites (tertiary alicyclic amines) is 1. The van der Waals surface area contributed by atoms with Crippen molar-refractivity contribution in [2.24, 2.45) is 0 Å². The Hall–Kier alpha value is -3.34. The minimum atomic E-state index is 0.0552. The van der Waals surface area contributed by atoms with Crippen LogP contribution in [0.5, 0.6) is 0 Å². The number of H-pyrrole nitrogens is 1. The maximum absolute atomic E-state index is 13.2. The van der Waals surface area contributed by atoms with Crippen LogP contribution in [0.1, 0.15) is 40.9 Å². The Labute approximate surface area is 174 Å². The Morgan fingerprint density at radius 1 is 1.10 bits per heavy atom. The average molecular weight is 397 g/mol. The summed E-state index contributed by atoms with van der Waals surface area (Å²) in [5.41, 5.74) is 7.30. The normalized spacial score (nSPS) is 17.5. The molecule has 0 atom stereocenters. The maximum atomic E-state index is 13.2. The van der Waals surface area contributed by atoms with E-state index in [2.05, 4.69) is 34.2 Å². The average Bonchev–Trinajstić information content (AvgIpc) is 3.48. The molecule has 1 aliphatic heterocycles. The van der Waals surface area contributed by atoms with Crippen LogP contribution in [0.4, 0.5) is 0 Å². The van der Waals surface area contributed by atoms with E-state index in [1.807, 2.05) is 23.1 Å². The van der Waals surface area contributed by atoms with Crippen LogP contribution in [-0.2, 0) is 11.8 Å². The van der Waals surface area contributed by atoms with Crippen LogP contribution in [0, 0.1) is 0 Å². The number of aromatic nitrogens is 2. The molecule has 3 aromatic heterocycles. The van der Waals surface area contributed by atoms with Crippen LogP contribution in [-0.4, -0.2) is 33.9 Å². The lowest BCUT2D eigenvalue weighted by atomic mass is 9.74. The van der Waals surface area contributed by atoms with E-state index < -0.39 is 0 Å². The summed E-state index contributed by atoms with van der Waals surface area (Å²) in [6.45, 7) is 1.59. The molecular formula is C25H23N3O2. The van der Waals surface area contributed by atoms with Gasteiger partial charge in [0, 0.05) is 42.7 Å². The first-order chi connectivity index (χ1) is 14.7. The highest BCUT2D eigenvalue weighted by Crippen LogP contribution is 2.46. The highest BCUT2D eigenvalue weighted by Gasteiger charge is 2.41. The highest BCUT2D eigenvalue weighted by molar-refractivity contribution is 6.00. The van der Waals surface area contributed by atoms with E-state index in [1.54, 1.807) is 18.7 Å². The summed E-state index contributed by atoms with van der Waals surface area (Å²) in [5, 5.41) is 0. The van der Waals surface area contributed by atoms with E-state index in [-0.39, 0.29) is 11.3 Å². The fourth-order valence-electron chi connectivity index (χ4n) is 5.35. The van der Waals surface area contributed by atoms with Gasteiger partial charge in [0.15, 0.2) is 5.58 Å². The van der Waals surface area contributed by atoms with Gasteiger partial charge in [0.1, 0.15) is 12.0 Å². The molecule has 1 fully saturated rings. The van der Waals surface area contributed by atoms with Gasteiger partial charge in [-0.3, -0.25) is 9.78 Å². The topological polar surface area (TPSA) is 62.1 Å². The fourth-order valence-corrected chi connectivity index (χ4v) is 5.35.